The van der Waals surface area contributed by atoms with Gasteiger partial charge in [0.25, 0.3) is 0 Å². The molecule has 0 aliphatic rings. The van der Waals surface area contributed by atoms with Crippen LogP contribution in [0.1, 0.15) is 4.88 Å². The number of rotatable bonds is 3. The van der Waals surface area contributed by atoms with Gasteiger partial charge in [-0.3, -0.25) is 0 Å². The van der Waals surface area contributed by atoms with Gasteiger partial charge in [-0.15, -0.1) is 22.7 Å². The maximum absolute atomic E-state index is 5.69. The van der Waals surface area contributed by atoms with Crippen molar-refractivity contribution in [2.75, 3.05) is 5.32 Å². The summed E-state index contributed by atoms with van der Waals surface area (Å²) in [6, 6.07) is 4.13. The Morgan fingerprint density at radius 3 is 3.00 bits per heavy atom. The number of anilines is 1. The third kappa shape index (κ3) is 2.43. The second-order valence-electron chi connectivity index (χ2n) is 2.42. The molecule has 0 aliphatic carbocycles. The van der Waals surface area contributed by atoms with Gasteiger partial charge in [-0.05, 0) is 11.4 Å². The first kappa shape index (κ1) is 8.99. The van der Waals surface area contributed by atoms with Crippen LogP contribution in [-0.4, -0.2) is 4.98 Å². The summed E-state index contributed by atoms with van der Waals surface area (Å²) in [6.45, 7) is 0.817. The molecule has 0 aliphatic heterocycles. The molecule has 2 rings (SSSR count). The zero-order chi connectivity index (χ0) is 9.10. The Morgan fingerprint density at radius 2 is 2.38 bits per heavy atom. The molecule has 0 saturated carbocycles. The van der Waals surface area contributed by atoms with Crippen LogP contribution in [0.5, 0.6) is 0 Å². The van der Waals surface area contributed by atoms with Gasteiger partial charge < -0.3 is 5.32 Å². The molecule has 0 amide bonds. The maximum atomic E-state index is 5.69. The molecule has 1 N–H and O–H groups in total. The van der Waals surface area contributed by atoms with Gasteiger partial charge in [-0.2, -0.15) is 0 Å². The first-order valence-corrected chi connectivity index (χ1v) is 5.85. The van der Waals surface area contributed by atoms with Gasteiger partial charge in [0, 0.05) is 10.3 Å². The van der Waals surface area contributed by atoms with Crippen LogP contribution in [-0.2, 0) is 6.54 Å². The smallest absolute Gasteiger partial charge is 0.185 e. The molecule has 0 saturated heterocycles. The summed E-state index contributed by atoms with van der Waals surface area (Å²) in [5.41, 5.74) is 0. The van der Waals surface area contributed by atoms with E-state index in [-0.39, 0.29) is 0 Å². The van der Waals surface area contributed by atoms with E-state index in [9.17, 15) is 0 Å². The van der Waals surface area contributed by atoms with Crippen LogP contribution < -0.4 is 5.32 Å². The van der Waals surface area contributed by atoms with Crippen LogP contribution in [0.4, 0.5) is 5.82 Å². The van der Waals surface area contributed by atoms with E-state index in [1.54, 1.807) is 11.3 Å². The van der Waals surface area contributed by atoms with Crippen molar-refractivity contribution >= 4 is 40.1 Å². The second-order valence-corrected chi connectivity index (χ2v) is 4.89. The molecule has 0 unspecified atom stereocenters. The molecule has 0 fully saturated rings. The van der Waals surface area contributed by atoms with Gasteiger partial charge >= 0.3 is 0 Å². The minimum absolute atomic E-state index is 0.577. The average molecular weight is 231 g/mol. The maximum Gasteiger partial charge on any atom is 0.185 e. The van der Waals surface area contributed by atoms with Gasteiger partial charge in [-0.1, -0.05) is 17.7 Å². The summed E-state index contributed by atoms with van der Waals surface area (Å²) < 4.78 is 0.577. The van der Waals surface area contributed by atoms with E-state index in [4.69, 9.17) is 11.6 Å². The quantitative estimate of drug-likeness (QED) is 0.874. The van der Waals surface area contributed by atoms with E-state index in [1.165, 1.54) is 16.2 Å². The number of aromatic nitrogens is 1. The van der Waals surface area contributed by atoms with Crippen LogP contribution in [0.25, 0.3) is 0 Å². The zero-order valence-electron chi connectivity index (χ0n) is 6.66. The number of nitrogens with one attached hydrogen (secondary N) is 1. The van der Waals surface area contributed by atoms with Crippen molar-refractivity contribution in [2.24, 2.45) is 0 Å². The largest absolute Gasteiger partial charge is 0.364 e. The Balaban J connectivity index is 1.93. The van der Waals surface area contributed by atoms with E-state index in [1.807, 2.05) is 11.4 Å². The Bertz CT molecular complexity index is 369. The van der Waals surface area contributed by atoms with Crippen LogP contribution >= 0.6 is 34.3 Å². The van der Waals surface area contributed by atoms with Crippen molar-refractivity contribution in [1.29, 1.82) is 0 Å². The lowest BCUT2D eigenvalue weighted by atomic mass is 10.4. The minimum atomic E-state index is 0.577. The molecule has 5 heteroatoms. The molecule has 2 aromatic heterocycles. The standard InChI is InChI=1S/C8H7ClN2S2/c9-8-11-7(5-13-8)10-4-6-2-1-3-12-6/h1-3,5,10H,4H2. The third-order valence-corrected chi connectivity index (χ3v) is 3.36. The molecule has 13 heavy (non-hydrogen) atoms. The summed E-state index contributed by atoms with van der Waals surface area (Å²) >= 11 is 8.86. The number of hydrogen-bond acceptors (Lipinski definition) is 4. The lowest BCUT2D eigenvalue weighted by molar-refractivity contribution is 1.16. The van der Waals surface area contributed by atoms with Crippen molar-refractivity contribution < 1.29 is 0 Å². The SMILES string of the molecule is Clc1nc(NCc2cccs2)cs1. The Kier molecular flexibility index (Phi) is 2.83. The van der Waals surface area contributed by atoms with Gasteiger partial charge in [0.05, 0.1) is 6.54 Å². The number of hydrogen-bond donors (Lipinski definition) is 1. The van der Waals surface area contributed by atoms with Crippen molar-refractivity contribution in [3.05, 3.63) is 32.2 Å². The van der Waals surface area contributed by atoms with Crippen LogP contribution in [0.2, 0.25) is 4.47 Å². The fraction of sp³-hybridized carbons (Fsp3) is 0.125. The molecule has 0 spiro atoms. The molecule has 2 nitrogen and oxygen atoms in total. The van der Waals surface area contributed by atoms with Gasteiger partial charge in [-0.25, -0.2) is 4.98 Å². The third-order valence-electron chi connectivity index (χ3n) is 1.50. The lowest BCUT2D eigenvalue weighted by Gasteiger charge is -1.98. The van der Waals surface area contributed by atoms with E-state index in [0.29, 0.717) is 4.47 Å². The highest BCUT2D eigenvalue weighted by Crippen LogP contribution is 2.19. The van der Waals surface area contributed by atoms with Gasteiger partial charge in [0.1, 0.15) is 5.82 Å². The normalized spacial score (nSPS) is 10.2. The molecule has 2 heterocycles. The molecular weight excluding hydrogens is 224 g/mol. The number of thiazole rings is 1. The first-order valence-electron chi connectivity index (χ1n) is 3.72. The number of thiophene rings is 1. The zero-order valence-corrected chi connectivity index (χ0v) is 9.05. The average Bonchev–Trinajstić information content (AvgIpc) is 2.71. The summed E-state index contributed by atoms with van der Waals surface area (Å²) in [5, 5.41) is 7.17. The van der Waals surface area contributed by atoms with Crippen molar-refractivity contribution in [2.45, 2.75) is 6.54 Å². The van der Waals surface area contributed by atoms with Crippen molar-refractivity contribution in [1.82, 2.24) is 4.98 Å². The Morgan fingerprint density at radius 1 is 1.46 bits per heavy atom. The Labute approximate surface area is 89.2 Å². The molecule has 2 aromatic rings. The predicted octanol–water partition coefficient (Wildman–Crippen LogP) is 3.47. The van der Waals surface area contributed by atoms with Gasteiger partial charge in [0.15, 0.2) is 4.47 Å². The van der Waals surface area contributed by atoms with E-state index in [0.717, 1.165) is 12.4 Å². The molecule has 68 valence electrons. The van der Waals surface area contributed by atoms with Gasteiger partial charge in [0.2, 0.25) is 0 Å². The van der Waals surface area contributed by atoms with Crippen LogP contribution in [0.3, 0.4) is 0 Å². The summed E-state index contributed by atoms with van der Waals surface area (Å²) in [5.74, 6) is 0.850. The van der Waals surface area contributed by atoms with Crippen LogP contribution in [0.15, 0.2) is 22.9 Å². The number of nitrogens with zero attached hydrogens (tertiary/aromatic N) is 1. The molecule has 0 radical (unpaired) electrons. The fourth-order valence-electron chi connectivity index (χ4n) is 0.924. The summed E-state index contributed by atoms with van der Waals surface area (Å²) in [4.78, 5) is 5.38. The number of halogens is 1. The predicted molar refractivity (Wildman–Crippen MR) is 58.8 cm³/mol. The molecule has 0 aromatic carbocycles. The fourth-order valence-corrected chi connectivity index (χ4v) is 2.29. The van der Waals surface area contributed by atoms with Crippen molar-refractivity contribution in [3.63, 3.8) is 0 Å². The summed E-state index contributed by atoms with van der Waals surface area (Å²) in [7, 11) is 0. The van der Waals surface area contributed by atoms with Crippen LogP contribution in [0, 0.1) is 0 Å². The monoisotopic (exact) mass is 230 g/mol. The van der Waals surface area contributed by atoms with E-state index in [2.05, 4.69) is 21.7 Å². The molecular formula is C8H7ClN2S2. The second kappa shape index (κ2) is 4.09. The lowest BCUT2D eigenvalue weighted by Crippen LogP contribution is -1.96. The highest BCUT2D eigenvalue weighted by molar-refractivity contribution is 7.14. The molecule has 0 bridgehead atoms. The highest BCUT2D eigenvalue weighted by Gasteiger charge is 1.98. The first-order chi connectivity index (χ1) is 6.34. The minimum Gasteiger partial charge on any atom is -0.364 e. The highest BCUT2D eigenvalue weighted by atomic mass is 35.5. The van der Waals surface area contributed by atoms with E-state index < -0.39 is 0 Å². The van der Waals surface area contributed by atoms with E-state index >= 15 is 0 Å². The Hall–Kier alpha value is -0.580. The topological polar surface area (TPSA) is 24.9 Å². The van der Waals surface area contributed by atoms with Crippen molar-refractivity contribution in [3.8, 4) is 0 Å². The summed E-state index contributed by atoms with van der Waals surface area (Å²) in [6.07, 6.45) is 0. The molecule has 0 atom stereocenters.